The van der Waals surface area contributed by atoms with Gasteiger partial charge in [0.1, 0.15) is 18.0 Å². The first kappa shape index (κ1) is 29.1. The van der Waals surface area contributed by atoms with Crippen LogP contribution in [0.2, 0.25) is 0 Å². The molecule has 0 unspecified atom stereocenters. The van der Waals surface area contributed by atoms with Gasteiger partial charge in [0.15, 0.2) is 5.82 Å². The van der Waals surface area contributed by atoms with Crippen LogP contribution in [-0.2, 0) is 10.3 Å². The van der Waals surface area contributed by atoms with Gasteiger partial charge < -0.3 is 25.7 Å². The number of piperazine rings is 1. The monoisotopic (exact) mass is 570 g/mol. The fourth-order valence-corrected chi connectivity index (χ4v) is 4.56. The Bertz CT molecular complexity index is 1560. The van der Waals surface area contributed by atoms with Crippen LogP contribution < -0.4 is 16.1 Å². The number of carbonyl (C=O) groups is 1. The Kier molecular flexibility index (Phi) is 8.48. The molecule has 1 aliphatic rings. The van der Waals surface area contributed by atoms with Crippen molar-refractivity contribution in [2.24, 2.45) is 0 Å². The number of hydrogen-bond donors (Lipinski definition) is 3. The second kappa shape index (κ2) is 12.2. The molecule has 12 heteroatoms. The van der Waals surface area contributed by atoms with Crippen molar-refractivity contribution in [3.63, 3.8) is 0 Å². The normalized spacial score (nSPS) is 14.5. The molecule has 0 atom stereocenters. The molecule has 0 radical (unpaired) electrons. The molecule has 1 saturated heterocycles. The summed E-state index contributed by atoms with van der Waals surface area (Å²) in [4.78, 5) is 28.7. The maximum Gasteiger partial charge on any atom is 0.255 e. The molecule has 1 fully saturated rings. The molecular weight excluding hydrogens is 532 g/mol. The molecular formula is C30H38N10O2. The van der Waals surface area contributed by atoms with Gasteiger partial charge in [0.2, 0.25) is 0 Å². The minimum absolute atomic E-state index is 0.243. The maximum atomic E-state index is 13.2. The lowest BCUT2D eigenvalue weighted by Gasteiger charge is -2.32. The summed E-state index contributed by atoms with van der Waals surface area (Å²) in [5, 5.41) is 13.2. The van der Waals surface area contributed by atoms with E-state index in [2.05, 4.69) is 53.1 Å². The van der Waals surface area contributed by atoms with Crippen LogP contribution in [0.25, 0.3) is 5.82 Å². The average Bonchev–Trinajstić information content (AvgIpc) is 3.35. The van der Waals surface area contributed by atoms with Crippen molar-refractivity contribution in [2.75, 3.05) is 56.4 Å². The van der Waals surface area contributed by atoms with Crippen molar-refractivity contribution in [3.05, 3.63) is 77.5 Å². The van der Waals surface area contributed by atoms with Crippen LogP contribution in [0.3, 0.4) is 0 Å². The standard InChI is InChI=1S/C30H38N10O2/c1-20-7-8-22(29(41)34-24-15-23(17-31-18-24)30(3,4)42-6)14-25(20)35-28-13-21(2)36-40(28)27-16-26(32-19-33-27)37-39-11-9-38(5)10-12-39/h7-8,13-19,35H,9-12H2,1-6H3,(H,34,41)(H,32,33,37). The number of ether oxygens (including phenoxy) is 1. The number of hydrogen-bond acceptors (Lipinski definition) is 10. The Labute approximate surface area is 246 Å². The first-order valence-electron chi connectivity index (χ1n) is 13.9. The topological polar surface area (TPSA) is 125 Å². The molecule has 1 aliphatic heterocycles. The third kappa shape index (κ3) is 6.73. The molecule has 3 aromatic heterocycles. The highest BCUT2D eigenvalue weighted by Crippen LogP contribution is 2.27. The second-order valence-corrected chi connectivity index (χ2v) is 11.0. The van der Waals surface area contributed by atoms with Gasteiger partial charge in [0.05, 0.1) is 23.2 Å². The molecule has 1 aromatic carbocycles. The molecule has 3 N–H and O–H groups in total. The van der Waals surface area contributed by atoms with Gasteiger partial charge in [-0.05, 0) is 58.5 Å². The molecule has 0 spiro atoms. The predicted molar refractivity (Wildman–Crippen MR) is 163 cm³/mol. The molecule has 0 aliphatic carbocycles. The summed E-state index contributed by atoms with van der Waals surface area (Å²) in [7, 11) is 3.77. The van der Waals surface area contributed by atoms with Crippen molar-refractivity contribution in [3.8, 4) is 5.82 Å². The summed E-state index contributed by atoms with van der Waals surface area (Å²) < 4.78 is 7.30. The quantitative estimate of drug-likeness (QED) is 0.271. The lowest BCUT2D eigenvalue weighted by atomic mass is 10.00. The van der Waals surface area contributed by atoms with Crippen molar-refractivity contribution in [1.29, 1.82) is 0 Å². The van der Waals surface area contributed by atoms with E-state index in [4.69, 9.17) is 4.74 Å². The number of nitrogens with one attached hydrogen (secondary N) is 3. The van der Waals surface area contributed by atoms with Crippen LogP contribution in [0, 0.1) is 13.8 Å². The molecule has 5 rings (SSSR count). The van der Waals surface area contributed by atoms with E-state index in [1.54, 1.807) is 30.3 Å². The van der Waals surface area contributed by atoms with Crippen LogP contribution in [0.15, 0.2) is 55.1 Å². The van der Waals surface area contributed by atoms with Gasteiger partial charge in [0.25, 0.3) is 5.91 Å². The number of rotatable bonds is 9. The Morgan fingerprint density at radius 3 is 2.55 bits per heavy atom. The van der Waals surface area contributed by atoms with Crippen molar-refractivity contribution < 1.29 is 9.53 Å². The number of nitrogens with zero attached hydrogens (tertiary/aromatic N) is 7. The number of anilines is 4. The third-order valence-corrected chi connectivity index (χ3v) is 7.44. The van der Waals surface area contributed by atoms with Crippen LogP contribution in [-0.4, -0.2) is 80.9 Å². The number of methoxy groups -OCH3 is 1. The van der Waals surface area contributed by atoms with E-state index in [9.17, 15) is 4.79 Å². The van der Waals surface area contributed by atoms with Gasteiger partial charge >= 0.3 is 0 Å². The SMILES string of the molecule is COC(C)(C)c1cncc(NC(=O)c2ccc(C)c(Nc3cc(C)nn3-c3cc(NN4CCN(C)CC4)ncn3)c2)c1. The summed E-state index contributed by atoms with van der Waals surface area (Å²) in [6.45, 7) is 11.6. The van der Waals surface area contributed by atoms with Gasteiger partial charge in [-0.1, -0.05) is 6.07 Å². The largest absolute Gasteiger partial charge is 0.374 e. The molecule has 4 aromatic rings. The van der Waals surface area contributed by atoms with Crippen molar-refractivity contribution in [2.45, 2.75) is 33.3 Å². The molecule has 0 saturated carbocycles. The van der Waals surface area contributed by atoms with Gasteiger partial charge in [-0.15, -0.1) is 0 Å². The molecule has 12 nitrogen and oxygen atoms in total. The second-order valence-electron chi connectivity index (χ2n) is 11.0. The number of hydrazine groups is 1. The number of amides is 1. The van der Waals surface area contributed by atoms with Gasteiger partial charge in [0, 0.05) is 68.4 Å². The minimum Gasteiger partial charge on any atom is -0.374 e. The Morgan fingerprint density at radius 2 is 1.79 bits per heavy atom. The Hall–Kier alpha value is -4.39. The number of pyridine rings is 1. The van der Waals surface area contributed by atoms with E-state index in [1.165, 1.54) is 6.33 Å². The first-order chi connectivity index (χ1) is 20.1. The molecule has 42 heavy (non-hydrogen) atoms. The van der Waals surface area contributed by atoms with E-state index in [-0.39, 0.29) is 5.91 Å². The minimum atomic E-state index is -0.527. The zero-order chi connectivity index (χ0) is 29.9. The summed E-state index contributed by atoms with van der Waals surface area (Å²) in [6, 6.07) is 11.2. The summed E-state index contributed by atoms with van der Waals surface area (Å²) in [5.41, 5.74) is 7.40. The smallest absolute Gasteiger partial charge is 0.255 e. The molecule has 4 heterocycles. The van der Waals surface area contributed by atoms with Gasteiger partial charge in [-0.25, -0.2) is 15.0 Å². The molecule has 220 valence electrons. The average molecular weight is 571 g/mol. The summed E-state index contributed by atoms with van der Waals surface area (Å²) in [5.74, 6) is 1.80. The number of likely N-dealkylation sites (N-methyl/N-ethyl adjacent to an activating group) is 1. The van der Waals surface area contributed by atoms with Crippen molar-refractivity contribution in [1.82, 2.24) is 34.6 Å². The highest BCUT2D eigenvalue weighted by Gasteiger charge is 2.21. The number of benzene rings is 1. The van der Waals surface area contributed by atoms with Gasteiger partial charge in [-0.3, -0.25) is 9.78 Å². The molecule has 1 amide bonds. The summed E-state index contributed by atoms with van der Waals surface area (Å²) in [6.07, 6.45) is 4.89. The van der Waals surface area contributed by atoms with Crippen LogP contribution in [0.4, 0.5) is 23.0 Å². The Balaban J connectivity index is 1.34. The van der Waals surface area contributed by atoms with Crippen molar-refractivity contribution >= 4 is 28.9 Å². The fourth-order valence-electron chi connectivity index (χ4n) is 4.56. The predicted octanol–water partition coefficient (Wildman–Crippen LogP) is 4.13. The highest BCUT2D eigenvalue weighted by atomic mass is 16.5. The maximum absolute atomic E-state index is 13.2. The van der Waals surface area contributed by atoms with Crippen LogP contribution in [0.5, 0.6) is 0 Å². The zero-order valence-electron chi connectivity index (χ0n) is 25.0. The van der Waals surface area contributed by atoms with E-state index in [0.29, 0.717) is 22.9 Å². The van der Waals surface area contributed by atoms with E-state index >= 15 is 0 Å². The fraction of sp³-hybridized carbons (Fsp3) is 0.367. The highest BCUT2D eigenvalue weighted by molar-refractivity contribution is 6.05. The van der Waals surface area contributed by atoms with E-state index < -0.39 is 5.60 Å². The molecule has 0 bridgehead atoms. The van der Waals surface area contributed by atoms with E-state index in [0.717, 1.165) is 54.5 Å². The number of aromatic nitrogens is 5. The number of carbonyl (C=O) groups excluding carboxylic acids is 1. The third-order valence-electron chi connectivity index (χ3n) is 7.44. The van der Waals surface area contributed by atoms with Gasteiger partial charge in [-0.2, -0.15) is 9.78 Å². The number of aryl methyl sites for hydroxylation is 2. The summed E-state index contributed by atoms with van der Waals surface area (Å²) >= 11 is 0. The Morgan fingerprint density at radius 1 is 1.00 bits per heavy atom. The first-order valence-corrected chi connectivity index (χ1v) is 13.9. The lowest BCUT2D eigenvalue weighted by molar-refractivity contribution is 0.0190. The van der Waals surface area contributed by atoms with Crippen LogP contribution >= 0.6 is 0 Å². The van der Waals surface area contributed by atoms with E-state index in [1.807, 2.05) is 58.0 Å². The zero-order valence-corrected chi connectivity index (χ0v) is 25.0. The lowest BCUT2D eigenvalue weighted by Crippen LogP contribution is -2.47. The van der Waals surface area contributed by atoms with Crippen LogP contribution in [0.1, 0.15) is 41.0 Å².